The lowest BCUT2D eigenvalue weighted by atomic mass is 9.84. The van der Waals surface area contributed by atoms with E-state index in [0.29, 0.717) is 12.0 Å². The summed E-state index contributed by atoms with van der Waals surface area (Å²) >= 11 is 6.02. The van der Waals surface area contributed by atoms with Crippen molar-refractivity contribution in [1.82, 2.24) is 4.90 Å². The Labute approximate surface area is 130 Å². The zero-order valence-corrected chi connectivity index (χ0v) is 13.1. The van der Waals surface area contributed by atoms with Crippen LogP contribution in [0, 0.1) is 12.8 Å². The molecule has 1 aliphatic heterocycles. The van der Waals surface area contributed by atoms with Gasteiger partial charge in [-0.1, -0.05) is 30.5 Å². The summed E-state index contributed by atoms with van der Waals surface area (Å²) in [5, 5.41) is 10.3. The summed E-state index contributed by atoms with van der Waals surface area (Å²) in [6, 6.07) is 6.00. The number of fused-ring (bicyclic) bond motifs is 1. The van der Waals surface area contributed by atoms with Gasteiger partial charge in [-0.05, 0) is 55.4 Å². The highest BCUT2D eigenvalue weighted by Crippen LogP contribution is 2.40. The molecule has 1 aliphatic carbocycles. The molecule has 3 nitrogen and oxygen atoms in total. The molecule has 4 heteroatoms. The Bertz CT molecular complexity index is 546. The molecule has 1 aromatic rings. The van der Waals surface area contributed by atoms with Crippen molar-refractivity contribution in [3.63, 3.8) is 0 Å². The summed E-state index contributed by atoms with van der Waals surface area (Å²) in [6.07, 6.45) is 5.61. The monoisotopic (exact) mass is 307 g/mol. The third-order valence-corrected chi connectivity index (χ3v) is 5.40. The third-order valence-electron chi connectivity index (χ3n) is 5.16. The first-order chi connectivity index (χ1) is 10.1. The van der Waals surface area contributed by atoms with Crippen LogP contribution in [-0.4, -0.2) is 28.1 Å². The molecule has 3 rings (SSSR count). The zero-order chi connectivity index (χ0) is 15.0. The predicted octanol–water partition coefficient (Wildman–Crippen LogP) is 3.87. The molecule has 2 aliphatic rings. The van der Waals surface area contributed by atoms with Gasteiger partial charge in [0.2, 0.25) is 0 Å². The summed E-state index contributed by atoms with van der Waals surface area (Å²) < 4.78 is 0. The zero-order valence-electron chi connectivity index (χ0n) is 12.4. The normalized spacial score (nSPS) is 29.3. The number of carbonyl (C=O) groups is 1. The lowest BCUT2D eigenvalue weighted by molar-refractivity contribution is -0.142. The van der Waals surface area contributed by atoms with Crippen LogP contribution in [0.1, 0.15) is 43.2 Å². The third kappa shape index (κ3) is 2.95. The lowest BCUT2D eigenvalue weighted by Crippen LogP contribution is -2.41. The standard InChI is InChI=1S/C17H22ClNO2/c1-11-8-14(18)7-6-13(11)10-19-15-5-3-2-4-12(15)9-16(19)17(20)21/h6-8,12,15-16H,2-5,9-10H2,1H3,(H,20,21). The molecule has 1 heterocycles. The van der Waals surface area contributed by atoms with Crippen LogP contribution >= 0.6 is 11.6 Å². The maximum atomic E-state index is 11.6. The summed E-state index contributed by atoms with van der Waals surface area (Å²) in [6.45, 7) is 2.77. The van der Waals surface area contributed by atoms with Crippen LogP contribution < -0.4 is 0 Å². The molecule has 114 valence electrons. The largest absolute Gasteiger partial charge is 0.480 e. The van der Waals surface area contributed by atoms with Gasteiger partial charge in [0.25, 0.3) is 0 Å². The molecule has 3 atom stereocenters. The number of nitrogens with zero attached hydrogens (tertiary/aromatic N) is 1. The van der Waals surface area contributed by atoms with Crippen molar-refractivity contribution < 1.29 is 9.90 Å². The van der Waals surface area contributed by atoms with Gasteiger partial charge >= 0.3 is 5.97 Å². The molecule has 0 bridgehead atoms. The molecular formula is C17H22ClNO2. The van der Waals surface area contributed by atoms with Gasteiger partial charge in [0, 0.05) is 17.6 Å². The number of carboxylic acids is 1. The molecule has 1 aromatic carbocycles. The number of benzene rings is 1. The van der Waals surface area contributed by atoms with E-state index in [1.54, 1.807) is 0 Å². The van der Waals surface area contributed by atoms with Crippen LogP contribution in [0.15, 0.2) is 18.2 Å². The van der Waals surface area contributed by atoms with Gasteiger partial charge in [-0.15, -0.1) is 0 Å². The summed E-state index contributed by atoms with van der Waals surface area (Å²) in [7, 11) is 0. The number of hydrogen-bond acceptors (Lipinski definition) is 2. The summed E-state index contributed by atoms with van der Waals surface area (Å²) in [5.41, 5.74) is 2.34. The van der Waals surface area contributed by atoms with Crippen molar-refractivity contribution in [3.05, 3.63) is 34.3 Å². The number of halogens is 1. The highest BCUT2D eigenvalue weighted by Gasteiger charge is 2.45. The van der Waals surface area contributed by atoms with E-state index in [1.165, 1.54) is 24.8 Å². The molecule has 3 unspecified atom stereocenters. The van der Waals surface area contributed by atoms with E-state index in [4.69, 9.17) is 11.6 Å². The smallest absolute Gasteiger partial charge is 0.320 e. The maximum Gasteiger partial charge on any atom is 0.320 e. The Kier molecular flexibility index (Phi) is 4.23. The van der Waals surface area contributed by atoms with Gasteiger partial charge in [-0.25, -0.2) is 0 Å². The fraction of sp³-hybridized carbons (Fsp3) is 0.588. The molecule has 0 radical (unpaired) electrons. The van der Waals surface area contributed by atoms with E-state index in [9.17, 15) is 9.90 Å². The van der Waals surface area contributed by atoms with Crippen LogP contribution in [0.3, 0.4) is 0 Å². The number of rotatable bonds is 3. The minimum Gasteiger partial charge on any atom is -0.480 e. The molecule has 1 saturated heterocycles. The van der Waals surface area contributed by atoms with Gasteiger partial charge < -0.3 is 5.11 Å². The van der Waals surface area contributed by atoms with Crippen molar-refractivity contribution in [2.45, 2.75) is 57.7 Å². The molecular weight excluding hydrogens is 286 g/mol. The first-order valence-corrected chi connectivity index (χ1v) is 8.17. The van der Waals surface area contributed by atoms with E-state index in [0.717, 1.165) is 30.0 Å². The van der Waals surface area contributed by atoms with E-state index in [2.05, 4.69) is 4.90 Å². The van der Waals surface area contributed by atoms with Crippen LogP contribution in [0.2, 0.25) is 5.02 Å². The van der Waals surface area contributed by atoms with Gasteiger partial charge in [0.1, 0.15) is 6.04 Å². The Morgan fingerprint density at radius 3 is 2.86 bits per heavy atom. The second-order valence-corrected chi connectivity index (χ2v) is 6.88. The second kappa shape index (κ2) is 5.98. The minimum absolute atomic E-state index is 0.326. The fourth-order valence-corrected chi connectivity index (χ4v) is 4.28. The van der Waals surface area contributed by atoms with E-state index >= 15 is 0 Å². The molecule has 21 heavy (non-hydrogen) atoms. The fourth-order valence-electron chi connectivity index (χ4n) is 4.06. The van der Waals surface area contributed by atoms with Crippen LogP contribution in [0.5, 0.6) is 0 Å². The molecule has 0 spiro atoms. The van der Waals surface area contributed by atoms with Gasteiger partial charge in [0.05, 0.1) is 0 Å². The Morgan fingerprint density at radius 1 is 1.38 bits per heavy atom. The van der Waals surface area contributed by atoms with E-state index in [-0.39, 0.29) is 6.04 Å². The van der Waals surface area contributed by atoms with Crippen LogP contribution in [0.4, 0.5) is 0 Å². The molecule has 2 fully saturated rings. The molecule has 1 saturated carbocycles. The van der Waals surface area contributed by atoms with Gasteiger partial charge in [0.15, 0.2) is 0 Å². The van der Waals surface area contributed by atoms with Crippen molar-refractivity contribution in [1.29, 1.82) is 0 Å². The summed E-state index contributed by atoms with van der Waals surface area (Å²) in [4.78, 5) is 13.8. The number of likely N-dealkylation sites (tertiary alicyclic amines) is 1. The lowest BCUT2D eigenvalue weighted by Gasteiger charge is -2.33. The number of carboxylic acid groups (broad SMARTS) is 1. The minimum atomic E-state index is -0.670. The summed E-state index contributed by atoms with van der Waals surface area (Å²) in [5.74, 6) is -0.108. The molecule has 0 amide bonds. The first kappa shape index (κ1) is 14.9. The average molecular weight is 308 g/mol. The molecule has 1 N–H and O–H groups in total. The van der Waals surface area contributed by atoms with Crippen molar-refractivity contribution in [3.8, 4) is 0 Å². The number of hydrogen-bond donors (Lipinski definition) is 1. The maximum absolute atomic E-state index is 11.6. The topological polar surface area (TPSA) is 40.5 Å². The average Bonchev–Trinajstić information content (AvgIpc) is 2.81. The van der Waals surface area contributed by atoms with Crippen LogP contribution in [-0.2, 0) is 11.3 Å². The first-order valence-electron chi connectivity index (χ1n) is 7.80. The Morgan fingerprint density at radius 2 is 2.14 bits per heavy atom. The molecule has 0 aromatic heterocycles. The highest BCUT2D eigenvalue weighted by atomic mass is 35.5. The highest BCUT2D eigenvalue weighted by molar-refractivity contribution is 6.30. The van der Waals surface area contributed by atoms with E-state index in [1.807, 2.05) is 25.1 Å². The Hall–Kier alpha value is -1.06. The van der Waals surface area contributed by atoms with Crippen molar-refractivity contribution in [2.24, 2.45) is 5.92 Å². The second-order valence-electron chi connectivity index (χ2n) is 6.44. The van der Waals surface area contributed by atoms with E-state index < -0.39 is 5.97 Å². The number of aryl methyl sites for hydroxylation is 1. The van der Waals surface area contributed by atoms with Crippen molar-refractivity contribution in [2.75, 3.05) is 0 Å². The van der Waals surface area contributed by atoms with Gasteiger partial charge in [-0.2, -0.15) is 0 Å². The number of aliphatic carboxylic acids is 1. The Balaban J connectivity index is 1.84. The van der Waals surface area contributed by atoms with Gasteiger partial charge in [-0.3, -0.25) is 9.69 Å². The quantitative estimate of drug-likeness (QED) is 0.921. The SMILES string of the molecule is Cc1cc(Cl)ccc1CN1C(C(=O)O)CC2CCCCC21. The van der Waals surface area contributed by atoms with Crippen LogP contribution in [0.25, 0.3) is 0 Å². The predicted molar refractivity (Wildman–Crippen MR) is 83.5 cm³/mol. The van der Waals surface area contributed by atoms with Crippen molar-refractivity contribution >= 4 is 17.6 Å².